The molecular formula is C23H37NO5. The highest BCUT2D eigenvalue weighted by Crippen LogP contribution is 2.27. The molecule has 1 N–H and O–H groups in total. The topological polar surface area (TPSA) is 73.9 Å². The highest BCUT2D eigenvalue weighted by Gasteiger charge is 2.33. The summed E-state index contributed by atoms with van der Waals surface area (Å²) in [7, 11) is 1.32. The van der Waals surface area contributed by atoms with E-state index in [1.54, 1.807) is 18.2 Å². The summed E-state index contributed by atoms with van der Waals surface area (Å²) in [6.45, 7) is 11.0. The molecule has 0 fully saturated rings. The molecular weight excluding hydrogens is 370 g/mol. The molecule has 0 bridgehead atoms. The van der Waals surface area contributed by atoms with Crippen molar-refractivity contribution in [1.82, 2.24) is 0 Å². The van der Waals surface area contributed by atoms with Gasteiger partial charge in [0.05, 0.1) is 13.7 Å². The average molecular weight is 408 g/mol. The molecule has 0 aliphatic heterocycles. The molecule has 0 unspecified atom stereocenters. The van der Waals surface area contributed by atoms with E-state index in [2.05, 4.69) is 12.2 Å². The Kier molecular flexibility index (Phi) is 10.7. The van der Waals surface area contributed by atoms with Crippen molar-refractivity contribution in [2.75, 3.05) is 25.6 Å². The number of hydrogen-bond donors (Lipinski definition) is 1. The number of carbonyl (C=O) groups is 2. The van der Waals surface area contributed by atoms with Gasteiger partial charge in [-0.1, -0.05) is 47.0 Å². The summed E-state index contributed by atoms with van der Waals surface area (Å²) in [5.74, 6) is 0.0393. The van der Waals surface area contributed by atoms with Gasteiger partial charge >= 0.3 is 5.97 Å². The Balaban J connectivity index is 3.02. The van der Waals surface area contributed by atoms with Crippen LogP contribution in [0.2, 0.25) is 0 Å². The molecule has 0 heterocycles. The first-order chi connectivity index (χ1) is 13.8. The second-order valence-corrected chi connectivity index (χ2v) is 7.90. The van der Waals surface area contributed by atoms with Crippen molar-refractivity contribution in [1.29, 1.82) is 0 Å². The van der Waals surface area contributed by atoms with Crippen LogP contribution in [0.4, 0.5) is 5.69 Å². The summed E-state index contributed by atoms with van der Waals surface area (Å²) in [6, 6.07) is 5.00. The van der Waals surface area contributed by atoms with E-state index in [1.807, 2.05) is 27.7 Å². The Bertz CT molecular complexity index is 659. The SMILES string of the molecule is CCCCC[C@@](C)(OCCC)C(=O)Nc1ccc(OCC(C)C)c(C(=O)OC)c1. The molecule has 0 saturated heterocycles. The van der Waals surface area contributed by atoms with Gasteiger partial charge in [0, 0.05) is 12.3 Å². The summed E-state index contributed by atoms with van der Waals surface area (Å²) in [6.07, 6.45) is 4.52. The van der Waals surface area contributed by atoms with Crippen LogP contribution in [0.1, 0.15) is 77.1 Å². The lowest BCUT2D eigenvalue weighted by Crippen LogP contribution is -2.43. The molecule has 0 spiro atoms. The van der Waals surface area contributed by atoms with Crippen molar-refractivity contribution in [3.63, 3.8) is 0 Å². The molecule has 164 valence electrons. The number of carbonyl (C=O) groups excluding carboxylic acids is 2. The van der Waals surface area contributed by atoms with Gasteiger partial charge in [-0.25, -0.2) is 4.79 Å². The van der Waals surface area contributed by atoms with Crippen molar-refractivity contribution < 1.29 is 23.8 Å². The minimum Gasteiger partial charge on any atom is -0.492 e. The molecule has 0 aliphatic rings. The van der Waals surface area contributed by atoms with Crippen LogP contribution in [0.3, 0.4) is 0 Å². The number of esters is 1. The van der Waals surface area contributed by atoms with Crippen LogP contribution in [0.5, 0.6) is 5.75 Å². The first kappa shape index (κ1) is 25.0. The number of anilines is 1. The Morgan fingerprint density at radius 1 is 1.14 bits per heavy atom. The predicted octanol–water partition coefficient (Wildman–Crippen LogP) is 5.21. The third-order valence-electron chi connectivity index (χ3n) is 4.58. The first-order valence-corrected chi connectivity index (χ1v) is 10.6. The van der Waals surface area contributed by atoms with E-state index in [4.69, 9.17) is 14.2 Å². The molecule has 0 saturated carbocycles. The van der Waals surface area contributed by atoms with E-state index in [0.29, 0.717) is 37.0 Å². The van der Waals surface area contributed by atoms with Crippen LogP contribution in [0.15, 0.2) is 18.2 Å². The zero-order valence-corrected chi connectivity index (χ0v) is 18.8. The van der Waals surface area contributed by atoms with Gasteiger partial charge in [0.25, 0.3) is 5.91 Å². The molecule has 0 aliphatic carbocycles. The maximum atomic E-state index is 13.0. The second kappa shape index (κ2) is 12.5. The molecule has 0 aromatic heterocycles. The third kappa shape index (κ3) is 8.05. The van der Waals surface area contributed by atoms with E-state index in [9.17, 15) is 9.59 Å². The van der Waals surface area contributed by atoms with E-state index >= 15 is 0 Å². The Morgan fingerprint density at radius 2 is 1.86 bits per heavy atom. The van der Waals surface area contributed by atoms with Crippen LogP contribution in [-0.2, 0) is 14.3 Å². The standard InChI is InChI=1S/C23H37NO5/c1-7-9-10-13-23(5,29-14-8-2)22(26)24-18-11-12-20(28-16-17(3)4)19(15-18)21(25)27-6/h11-12,15,17H,7-10,13-14,16H2,1-6H3,(H,24,26)/t23-/m1/s1. The number of nitrogens with one attached hydrogen (secondary N) is 1. The number of unbranched alkanes of at least 4 members (excludes halogenated alkanes) is 2. The predicted molar refractivity (Wildman–Crippen MR) is 116 cm³/mol. The normalized spacial score (nSPS) is 13.1. The van der Waals surface area contributed by atoms with Crippen molar-refractivity contribution in [3.05, 3.63) is 23.8 Å². The average Bonchev–Trinajstić information content (AvgIpc) is 2.70. The zero-order valence-electron chi connectivity index (χ0n) is 18.8. The van der Waals surface area contributed by atoms with E-state index in [1.165, 1.54) is 7.11 Å². The quantitative estimate of drug-likeness (QED) is 0.359. The molecule has 1 aromatic carbocycles. The number of benzene rings is 1. The van der Waals surface area contributed by atoms with Gasteiger partial charge in [-0.2, -0.15) is 0 Å². The zero-order chi connectivity index (χ0) is 21.9. The first-order valence-electron chi connectivity index (χ1n) is 10.6. The summed E-state index contributed by atoms with van der Waals surface area (Å²) < 4.78 is 16.5. The molecule has 1 rings (SSSR count). The van der Waals surface area contributed by atoms with Crippen LogP contribution in [0, 0.1) is 5.92 Å². The summed E-state index contributed by atoms with van der Waals surface area (Å²) in [5, 5.41) is 2.90. The summed E-state index contributed by atoms with van der Waals surface area (Å²) >= 11 is 0. The number of rotatable bonds is 13. The van der Waals surface area contributed by atoms with Crippen molar-refractivity contribution in [2.45, 2.75) is 72.3 Å². The minimum atomic E-state index is -0.913. The van der Waals surface area contributed by atoms with E-state index < -0.39 is 11.6 Å². The molecule has 0 radical (unpaired) electrons. The Labute approximate surface area is 175 Å². The molecule has 29 heavy (non-hydrogen) atoms. The lowest BCUT2D eigenvalue weighted by molar-refractivity contribution is -0.140. The smallest absolute Gasteiger partial charge is 0.341 e. The summed E-state index contributed by atoms with van der Waals surface area (Å²) in [4.78, 5) is 25.2. The van der Waals surface area contributed by atoms with E-state index in [-0.39, 0.29) is 11.5 Å². The molecule has 6 heteroatoms. The fourth-order valence-electron chi connectivity index (χ4n) is 2.81. The van der Waals surface area contributed by atoms with Gasteiger partial charge in [0.2, 0.25) is 0 Å². The van der Waals surface area contributed by atoms with Gasteiger partial charge in [0.15, 0.2) is 0 Å². The molecule has 1 amide bonds. The van der Waals surface area contributed by atoms with Crippen molar-refractivity contribution >= 4 is 17.6 Å². The number of ether oxygens (including phenoxy) is 3. The van der Waals surface area contributed by atoms with Crippen molar-refractivity contribution in [3.8, 4) is 5.75 Å². The summed E-state index contributed by atoms with van der Waals surface area (Å²) in [5.41, 5.74) is -0.120. The number of amides is 1. The molecule has 1 atom stereocenters. The van der Waals surface area contributed by atoms with Crippen molar-refractivity contribution in [2.24, 2.45) is 5.92 Å². The molecule has 1 aromatic rings. The monoisotopic (exact) mass is 407 g/mol. The van der Waals surface area contributed by atoms with Crippen LogP contribution in [0.25, 0.3) is 0 Å². The van der Waals surface area contributed by atoms with Gasteiger partial charge in [0.1, 0.15) is 16.9 Å². The van der Waals surface area contributed by atoms with Gasteiger partial charge < -0.3 is 19.5 Å². The third-order valence-corrected chi connectivity index (χ3v) is 4.58. The second-order valence-electron chi connectivity index (χ2n) is 7.90. The Hall–Kier alpha value is -2.08. The maximum absolute atomic E-state index is 13.0. The number of hydrogen-bond acceptors (Lipinski definition) is 5. The van der Waals surface area contributed by atoms with Crippen LogP contribution in [-0.4, -0.2) is 37.8 Å². The fourth-order valence-corrected chi connectivity index (χ4v) is 2.81. The van der Waals surface area contributed by atoms with Gasteiger partial charge in [-0.05, 0) is 43.9 Å². The highest BCUT2D eigenvalue weighted by atomic mass is 16.5. The highest BCUT2D eigenvalue weighted by molar-refractivity contribution is 5.99. The minimum absolute atomic E-state index is 0.214. The van der Waals surface area contributed by atoms with Gasteiger partial charge in [-0.15, -0.1) is 0 Å². The van der Waals surface area contributed by atoms with Crippen LogP contribution >= 0.6 is 0 Å². The van der Waals surface area contributed by atoms with Gasteiger partial charge in [-0.3, -0.25) is 4.79 Å². The fraction of sp³-hybridized carbons (Fsp3) is 0.652. The molecule has 6 nitrogen and oxygen atoms in total. The maximum Gasteiger partial charge on any atom is 0.341 e. The number of methoxy groups -OCH3 is 1. The van der Waals surface area contributed by atoms with E-state index in [0.717, 1.165) is 25.7 Å². The Morgan fingerprint density at radius 3 is 2.45 bits per heavy atom. The lowest BCUT2D eigenvalue weighted by atomic mass is 9.96. The lowest BCUT2D eigenvalue weighted by Gasteiger charge is -2.29. The largest absolute Gasteiger partial charge is 0.492 e. The van der Waals surface area contributed by atoms with Crippen LogP contribution < -0.4 is 10.1 Å².